The van der Waals surface area contributed by atoms with Crippen LogP contribution in [-0.2, 0) is 4.74 Å². The van der Waals surface area contributed by atoms with Crippen LogP contribution in [0.5, 0.6) is 5.88 Å². The van der Waals surface area contributed by atoms with Crippen molar-refractivity contribution >= 4 is 26.7 Å². The first kappa shape index (κ1) is 18.7. The second-order valence-corrected chi connectivity index (χ2v) is 8.59. The summed E-state index contributed by atoms with van der Waals surface area (Å²) in [5.41, 5.74) is 1.51. The average molecular weight is 417 g/mol. The van der Waals surface area contributed by atoms with Gasteiger partial charge in [-0.1, -0.05) is 17.4 Å². The number of anilines is 1. The highest BCUT2D eigenvalue weighted by Gasteiger charge is 2.33. The first-order valence-corrected chi connectivity index (χ1v) is 10.7. The highest BCUT2D eigenvalue weighted by molar-refractivity contribution is 7.22. The van der Waals surface area contributed by atoms with E-state index in [0.29, 0.717) is 29.3 Å². The van der Waals surface area contributed by atoms with Crippen molar-refractivity contribution in [2.45, 2.75) is 43.7 Å². The predicted molar refractivity (Wildman–Crippen MR) is 108 cm³/mol. The summed E-state index contributed by atoms with van der Waals surface area (Å²) < 4.78 is 39.7. The van der Waals surface area contributed by atoms with E-state index in [0.717, 1.165) is 36.4 Å². The first-order valence-electron chi connectivity index (χ1n) is 9.87. The van der Waals surface area contributed by atoms with Gasteiger partial charge in [-0.2, -0.15) is 0 Å². The van der Waals surface area contributed by atoms with Gasteiger partial charge >= 0.3 is 0 Å². The minimum Gasteiger partial charge on any atom is -0.474 e. The van der Waals surface area contributed by atoms with E-state index in [4.69, 9.17) is 9.47 Å². The van der Waals surface area contributed by atoms with Crippen LogP contribution < -0.4 is 10.1 Å². The minimum absolute atomic E-state index is 0.0233. The number of hydrogen-bond acceptors (Lipinski definition) is 6. The zero-order valence-electron chi connectivity index (χ0n) is 15.7. The molecule has 1 saturated heterocycles. The van der Waals surface area contributed by atoms with E-state index in [1.165, 1.54) is 23.6 Å². The summed E-state index contributed by atoms with van der Waals surface area (Å²) in [5, 5.41) is 4.08. The summed E-state index contributed by atoms with van der Waals surface area (Å²) in [7, 11) is 0. The number of pyridine rings is 1. The topological polar surface area (TPSA) is 56.3 Å². The molecular formula is C21H21F2N3O2S. The van der Waals surface area contributed by atoms with Crippen LogP contribution in [-0.4, -0.2) is 35.3 Å². The molecule has 152 valence electrons. The molecule has 0 amide bonds. The number of ether oxygens (including phenoxy) is 2. The summed E-state index contributed by atoms with van der Waals surface area (Å²) in [5.74, 6) is 0.165. The van der Waals surface area contributed by atoms with E-state index in [-0.39, 0.29) is 29.7 Å². The van der Waals surface area contributed by atoms with Gasteiger partial charge in [0.15, 0.2) is 5.13 Å². The van der Waals surface area contributed by atoms with Crippen LogP contribution in [0.2, 0.25) is 0 Å². The summed E-state index contributed by atoms with van der Waals surface area (Å²) in [6.07, 6.45) is 4.53. The van der Waals surface area contributed by atoms with E-state index in [2.05, 4.69) is 15.3 Å². The van der Waals surface area contributed by atoms with Crippen LogP contribution in [0.1, 0.15) is 37.2 Å². The molecule has 29 heavy (non-hydrogen) atoms. The Morgan fingerprint density at radius 1 is 1.17 bits per heavy atom. The van der Waals surface area contributed by atoms with Gasteiger partial charge in [0.05, 0.1) is 16.4 Å². The number of aromatic nitrogens is 2. The summed E-state index contributed by atoms with van der Waals surface area (Å²) in [4.78, 5) is 8.66. The fourth-order valence-electron chi connectivity index (χ4n) is 3.93. The second-order valence-electron chi connectivity index (χ2n) is 7.59. The lowest BCUT2D eigenvalue weighted by molar-refractivity contribution is 0.0792. The van der Waals surface area contributed by atoms with Gasteiger partial charge in [0, 0.05) is 37.7 Å². The van der Waals surface area contributed by atoms with Crippen molar-refractivity contribution in [3.63, 3.8) is 0 Å². The third-order valence-electron chi connectivity index (χ3n) is 5.57. The molecule has 3 heterocycles. The average Bonchev–Trinajstić information content (AvgIpc) is 3.12. The highest BCUT2D eigenvalue weighted by Crippen LogP contribution is 2.36. The minimum atomic E-state index is -0.338. The zero-order valence-corrected chi connectivity index (χ0v) is 16.6. The van der Waals surface area contributed by atoms with Gasteiger partial charge in [0.25, 0.3) is 0 Å². The molecule has 5 rings (SSSR count). The summed E-state index contributed by atoms with van der Waals surface area (Å²) in [6, 6.07) is 6.69. The maximum absolute atomic E-state index is 13.8. The molecule has 1 N–H and O–H groups in total. The Labute approximate surface area is 171 Å². The molecule has 1 aromatic carbocycles. The van der Waals surface area contributed by atoms with Crippen molar-refractivity contribution in [3.05, 3.63) is 47.7 Å². The van der Waals surface area contributed by atoms with Crippen molar-refractivity contribution < 1.29 is 18.3 Å². The molecule has 1 saturated carbocycles. The van der Waals surface area contributed by atoms with Crippen molar-refractivity contribution in [2.24, 2.45) is 0 Å². The Kier molecular flexibility index (Phi) is 5.05. The van der Waals surface area contributed by atoms with Crippen molar-refractivity contribution in [1.29, 1.82) is 0 Å². The third kappa shape index (κ3) is 3.91. The van der Waals surface area contributed by atoms with Gasteiger partial charge in [-0.25, -0.2) is 18.7 Å². The molecular weight excluding hydrogens is 396 g/mol. The molecule has 0 spiro atoms. The van der Waals surface area contributed by atoms with Crippen LogP contribution in [0.15, 0.2) is 30.5 Å². The fraction of sp³-hybridized carbons (Fsp3) is 0.429. The lowest BCUT2D eigenvalue weighted by atomic mass is 9.89. The van der Waals surface area contributed by atoms with E-state index >= 15 is 0 Å². The normalized spacial score (nSPS) is 22.4. The molecule has 5 nitrogen and oxygen atoms in total. The van der Waals surface area contributed by atoms with E-state index in [9.17, 15) is 8.78 Å². The predicted octanol–water partition coefficient (Wildman–Crippen LogP) is 4.89. The smallest absolute Gasteiger partial charge is 0.217 e. The Hall–Kier alpha value is -2.32. The highest BCUT2D eigenvalue weighted by atomic mass is 32.1. The molecule has 8 heteroatoms. The van der Waals surface area contributed by atoms with Gasteiger partial charge in [-0.3, -0.25) is 0 Å². The van der Waals surface area contributed by atoms with Gasteiger partial charge in [-0.15, -0.1) is 0 Å². The number of nitrogens with zero attached hydrogens (tertiary/aromatic N) is 2. The van der Waals surface area contributed by atoms with Gasteiger partial charge in [0.1, 0.15) is 17.7 Å². The maximum atomic E-state index is 13.8. The molecule has 0 bridgehead atoms. The van der Waals surface area contributed by atoms with Crippen LogP contribution in [0.4, 0.5) is 13.9 Å². The molecule has 0 atom stereocenters. The largest absolute Gasteiger partial charge is 0.474 e. The van der Waals surface area contributed by atoms with Crippen LogP contribution in [0.3, 0.4) is 0 Å². The molecule has 0 unspecified atom stereocenters. The van der Waals surface area contributed by atoms with Crippen LogP contribution in [0.25, 0.3) is 10.2 Å². The fourth-order valence-corrected chi connectivity index (χ4v) is 4.88. The Morgan fingerprint density at radius 2 is 2.00 bits per heavy atom. The molecule has 2 aromatic heterocycles. The molecule has 2 aliphatic rings. The molecule has 2 fully saturated rings. The standard InChI is InChI=1S/C21H21F2N3O2S/c22-13-8-16(12-4-6-27-7-5-12)20(24-11-13)28-15-9-14(10-15)25-21-26-18-3-1-2-17(23)19(18)29-21/h1-3,8,11-12,14-15H,4-7,9-10H2,(H,25,26)/t14-,15-. The maximum Gasteiger partial charge on any atom is 0.217 e. The lowest BCUT2D eigenvalue weighted by Gasteiger charge is -2.36. The third-order valence-corrected chi connectivity index (χ3v) is 6.59. The Morgan fingerprint density at radius 3 is 2.79 bits per heavy atom. The van der Waals surface area contributed by atoms with Crippen molar-refractivity contribution in [3.8, 4) is 5.88 Å². The van der Waals surface area contributed by atoms with Gasteiger partial charge in [0.2, 0.25) is 5.88 Å². The second kappa shape index (κ2) is 7.84. The van der Waals surface area contributed by atoms with Crippen LogP contribution >= 0.6 is 11.3 Å². The number of thiazole rings is 1. The van der Waals surface area contributed by atoms with Crippen molar-refractivity contribution in [2.75, 3.05) is 18.5 Å². The monoisotopic (exact) mass is 417 g/mol. The molecule has 3 aromatic rings. The quantitative estimate of drug-likeness (QED) is 0.641. The van der Waals surface area contributed by atoms with E-state index < -0.39 is 0 Å². The van der Waals surface area contributed by atoms with Gasteiger partial charge in [-0.05, 0) is 37.0 Å². The van der Waals surface area contributed by atoms with Crippen LogP contribution in [0, 0.1) is 11.6 Å². The summed E-state index contributed by atoms with van der Waals surface area (Å²) in [6.45, 7) is 1.36. The first-order chi connectivity index (χ1) is 14.2. The van der Waals surface area contributed by atoms with Crippen molar-refractivity contribution in [1.82, 2.24) is 9.97 Å². The number of benzene rings is 1. The number of halogens is 2. The SMILES string of the molecule is Fc1cnc(O[C@H]2C[C@H](Nc3nc4cccc(F)c4s3)C2)c(C2CCOCC2)c1. The lowest BCUT2D eigenvalue weighted by Crippen LogP contribution is -2.42. The molecule has 1 aliphatic carbocycles. The van der Waals surface area contributed by atoms with Gasteiger partial charge < -0.3 is 14.8 Å². The molecule has 1 aliphatic heterocycles. The number of hydrogen-bond donors (Lipinski definition) is 1. The zero-order chi connectivity index (χ0) is 19.8. The number of fused-ring (bicyclic) bond motifs is 1. The Bertz CT molecular complexity index is 1020. The van der Waals surface area contributed by atoms with E-state index in [1.54, 1.807) is 12.1 Å². The molecule has 0 radical (unpaired) electrons. The number of rotatable bonds is 5. The summed E-state index contributed by atoms with van der Waals surface area (Å²) >= 11 is 1.33. The van der Waals surface area contributed by atoms with E-state index in [1.807, 2.05) is 6.07 Å². The number of nitrogens with one attached hydrogen (secondary N) is 1. The Balaban J connectivity index is 1.22.